The van der Waals surface area contributed by atoms with Crippen LogP contribution in [-0.4, -0.2) is 12.3 Å². The normalized spacial score (nSPS) is 15.9. The molecule has 0 spiro atoms. The third kappa shape index (κ3) is 3.08. The molecule has 1 atom stereocenters. The van der Waals surface area contributed by atoms with E-state index in [9.17, 15) is 8.78 Å². The first-order valence-electron chi connectivity index (χ1n) is 3.17. The first-order valence-corrected chi connectivity index (χ1v) is 3.17. The molecule has 0 aromatic heterocycles. The van der Waals surface area contributed by atoms with Gasteiger partial charge in [-0.2, -0.15) is 8.78 Å². The zero-order chi connectivity index (χ0) is 8.36. The Balaban J connectivity index is 3.87. The van der Waals surface area contributed by atoms with Gasteiger partial charge >= 0.3 is 6.11 Å². The Bertz CT molecular complexity index is 104. The second-order valence-corrected chi connectivity index (χ2v) is 2.54. The van der Waals surface area contributed by atoms with Crippen molar-refractivity contribution in [3.8, 4) is 0 Å². The van der Waals surface area contributed by atoms with Gasteiger partial charge in [-0.05, 0) is 6.92 Å². The summed E-state index contributed by atoms with van der Waals surface area (Å²) < 4.78 is 29.1. The highest BCUT2D eigenvalue weighted by atomic mass is 19.3. The largest absolute Gasteiger partial charge is 0.359 e. The average molecular weight is 153 g/mol. The topological polar surface area (TPSA) is 35.2 Å². The molecule has 0 saturated heterocycles. The van der Waals surface area contributed by atoms with Gasteiger partial charge in [-0.3, -0.25) is 0 Å². The van der Waals surface area contributed by atoms with Gasteiger partial charge in [0.25, 0.3) is 0 Å². The van der Waals surface area contributed by atoms with Crippen LogP contribution in [0.5, 0.6) is 0 Å². The molecule has 0 heterocycles. The van der Waals surface area contributed by atoms with Crippen molar-refractivity contribution >= 4 is 0 Å². The van der Waals surface area contributed by atoms with E-state index in [4.69, 9.17) is 5.73 Å². The van der Waals surface area contributed by atoms with Gasteiger partial charge in [-0.25, -0.2) is 0 Å². The molecule has 2 nitrogen and oxygen atoms in total. The van der Waals surface area contributed by atoms with Crippen LogP contribution in [0.4, 0.5) is 8.78 Å². The highest BCUT2D eigenvalue weighted by molar-refractivity contribution is 4.58. The summed E-state index contributed by atoms with van der Waals surface area (Å²) in [4.78, 5) is 0. The van der Waals surface area contributed by atoms with Crippen molar-refractivity contribution in [2.45, 2.75) is 33.1 Å². The maximum atomic E-state index is 12.5. The SMILES string of the molecule is CC(N)OC(F)(F)C(C)C. The lowest BCUT2D eigenvalue weighted by atomic mass is 10.2. The smallest absolute Gasteiger partial charge is 0.306 e. The van der Waals surface area contributed by atoms with Crippen molar-refractivity contribution in [1.29, 1.82) is 0 Å². The highest BCUT2D eigenvalue weighted by Gasteiger charge is 2.35. The van der Waals surface area contributed by atoms with Gasteiger partial charge in [-0.1, -0.05) is 13.8 Å². The molecule has 0 radical (unpaired) electrons. The molecule has 0 aliphatic rings. The van der Waals surface area contributed by atoms with Crippen molar-refractivity contribution in [3.05, 3.63) is 0 Å². The standard InChI is InChI=1S/C6H13F2NO/c1-4(2)6(7,8)10-5(3)9/h4-5H,9H2,1-3H3. The predicted molar refractivity (Wildman–Crippen MR) is 34.5 cm³/mol. The third-order valence-corrected chi connectivity index (χ3v) is 1.02. The van der Waals surface area contributed by atoms with Crippen LogP contribution in [-0.2, 0) is 4.74 Å². The van der Waals surface area contributed by atoms with E-state index in [1.54, 1.807) is 0 Å². The van der Waals surface area contributed by atoms with Crippen LogP contribution in [0.25, 0.3) is 0 Å². The molecule has 0 bridgehead atoms. The minimum absolute atomic E-state index is 0.835. The summed E-state index contributed by atoms with van der Waals surface area (Å²) in [6.45, 7) is 4.13. The monoisotopic (exact) mass is 153 g/mol. The minimum Gasteiger partial charge on any atom is -0.306 e. The van der Waals surface area contributed by atoms with Crippen molar-refractivity contribution in [3.63, 3.8) is 0 Å². The van der Waals surface area contributed by atoms with Crippen LogP contribution in [0.1, 0.15) is 20.8 Å². The van der Waals surface area contributed by atoms with Crippen LogP contribution >= 0.6 is 0 Å². The first kappa shape index (κ1) is 9.78. The Morgan fingerprint density at radius 2 is 1.70 bits per heavy atom. The Morgan fingerprint density at radius 3 is 1.80 bits per heavy atom. The Labute approximate surface area is 59.3 Å². The molecule has 0 aliphatic carbocycles. The first-order chi connectivity index (χ1) is 4.36. The molecule has 0 fully saturated rings. The summed E-state index contributed by atoms with van der Waals surface area (Å²) in [6.07, 6.45) is -4.02. The maximum Gasteiger partial charge on any atom is 0.359 e. The van der Waals surface area contributed by atoms with Gasteiger partial charge in [0, 0.05) is 5.92 Å². The fourth-order valence-electron chi connectivity index (χ4n) is 0.384. The van der Waals surface area contributed by atoms with Crippen molar-refractivity contribution < 1.29 is 13.5 Å². The molecule has 0 saturated carbocycles. The van der Waals surface area contributed by atoms with Crippen molar-refractivity contribution in [2.24, 2.45) is 11.7 Å². The van der Waals surface area contributed by atoms with Crippen LogP contribution in [0, 0.1) is 5.92 Å². The molecule has 4 heteroatoms. The number of alkyl halides is 2. The van der Waals surface area contributed by atoms with Crippen molar-refractivity contribution in [2.75, 3.05) is 0 Å². The second kappa shape index (κ2) is 3.25. The molecular weight excluding hydrogens is 140 g/mol. The van der Waals surface area contributed by atoms with Gasteiger partial charge in [-0.15, -0.1) is 0 Å². The van der Waals surface area contributed by atoms with Crippen LogP contribution in [0.3, 0.4) is 0 Å². The Kier molecular flexibility index (Phi) is 3.18. The summed E-state index contributed by atoms with van der Waals surface area (Å²) in [5.74, 6) is -0.835. The number of halogens is 2. The van der Waals surface area contributed by atoms with Crippen LogP contribution in [0.2, 0.25) is 0 Å². The maximum absolute atomic E-state index is 12.5. The van der Waals surface area contributed by atoms with Gasteiger partial charge in [0.1, 0.15) is 6.23 Å². The molecule has 0 amide bonds. The van der Waals surface area contributed by atoms with Gasteiger partial charge in [0.2, 0.25) is 0 Å². The Hall–Kier alpha value is -0.220. The lowest BCUT2D eigenvalue weighted by Crippen LogP contribution is -2.35. The second-order valence-electron chi connectivity index (χ2n) is 2.54. The molecule has 1 unspecified atom stereocenters. The van der Waals surface area contributed by atoms with E-state index in [1.165, 1.54) is 20.8 Å². The van der Waals surface area contributed by atoms with E-state index < -0.39 is 18.3 Å². The fraction of sp³-hybridized carbons (Fsp3) is 1.00. The quantitative estimate of drug-likeness (QED) is 0.624. The van der Waals surface area contributed by atoms with Crippen molar-refractivity contribution in [1.82, 2.24) is 0 Å². The van der Waals surface area contributed by atoms with E-state index in [-0.39, 0.29) is 0 Å². The lowest BCUT2D eigenvalue weighted by molar-refractivity contribution is -0.282. The summed E-state index contributed by atoms with van der Waals surface area (Å²) >= 11 is 0. The summed E-state index contributed by atoms with van der Waals surface area (Å²) in [5.41, 5.74) is 5.01. The summed E-state index contributed by atoms with van der Waals surface area (Å²) in [7, 11) is 0. The zero-order valence-electron chi connectivity index (χ0n) is 6.40. The van der Waals surface area contributed by atoms with E-state index in [1.807, 2.05) is 0 Å². The molecular formula is C6H13F2NO. The molecule has 0 aliphatic heterocycles. The van der Waals surface area contributed by atoms with E-state index in [0.29, 0.717) is 0 Å². The number of rotatable bonds is 3. The number of hydrogen-bond acceptors (Lipinski definition) is 2. The lowest BCUT2D eigenvalue weighted by Gasteiger charge is -2.22. The van der Waals surface area contributed by atoms with Crippen LogP contribution in [0.15, 0.2) is 0 Å². The fourth-order valence-corrected chi connectivity index (χ4v) is 0.384. The summed E-state index contributed by atoms with van der Waals surface area (Å²) in [5, 5.41) is 0. The van der Waals surface area contributed by atoms with Crippen LogP contribution < -0.4 is 5.73 Å². The number of ether oxygens (including phenoxy) is 1. The molecule has 2 N–H and O–H groups in total. The number of hydrogen-bond donors (Lipinski definition) is 1. The van der Waals surface area contributed by atoms with E-state index in [0.717, 1.165) is 0 Å². The summed E-state index contributed by atoms with van der Waals surface area (Å²) in [6, 6.07) is 0. The minimum atomic E-state index is -3.10. The predicted octanol–water partition coefficient (Wildman–Crippen LogP) is 1.56. The van der Waals surface area contributed by atoms with E-state index in [2.05, 4.69) is 4.74 Å². The highest BCUT2D eigenvalue weighted by Crippen LogP contribution is 2.25. The molecule has 0 rings (SSSR count). The Morgan fingerprint density at radius 1 is 1.30 bits per heavy atom. The molecule has 0 aromatic rings. The zero-order valence-corrected chi connectivity index (χ0v) is 6.40. The average Bonchev–Trinajstić information content (AvgIpc) is 1.60. The molecule has 62 valence electrons. The van der Waals surface area contributed by atoms with Gasteiger partial charge in [0.05, 0.1) is 0 Å². The van der Waals surface area contributed by atoms with Gasteiger partial charge < -0.3 is 10.5 Å². The van der Waals surface area contributed by atoms with Gasteiger partial charge in [0.15, 0.2) is 0 Å². The molecule has 10 heavy (non-hydrogen) atoms. The van der Waals surface area contributed by atoms with E-state index >= 15 is 0 Å². The molecule has 0 aromatic carbocycles. The third-order valence-electron chi connectivity index (χ3n) is 1.02. The number of nitrogens with two attached hydrogens (primary N) is 1.